The van der Waals surface area contributed by atoms with Gasteiger partial charge in [-0.2, -0.15) is 0 Å². The molecule has 0 aliphatic heterocycles. The predicted octanol–water partition coefficient (Wildman–Crippen LogP) is 14.1. The number of nitrogens with zero attached hydrogens (tertiary/aromatic N) is 1. The lowest BCUT2D eigenvalue weighted by Gasteiger charge is -2.24. The first-order valence-corrected chi connectivity index (χ1v) is 25.0. The third-order valence-electron chi connectivity index (χ3n) is 9.80. The maximum absolute atomic E-state index is 12.7. The van der Waals surface area contributed by atoms with Crippen molar-refractivity contribution in [2.45, 2.75) is 193 Å². The molecular weight excluding hydrogens is 746 g/mol. The number of unbranched alkanes of at least 4 members (excludes halogenated alkanes) is 19. The second-order valence-electron chi connectivity index (χ2n) is 16.8. The van der Waals surface area contributed by atoms with Gasteiger partial charge in [-0.3, -0.25) is 13.8 Å². The number of likely N-dealkylation sites (N-methyl/N-ethyl adjacent to an activating group) is 1. The van der Waals surface area contributed by atoms with Gasteiger partial charge in [0.25, 0.3) is 0 Å². The normalized spacial score (nSPS) is 14.2. The molecule has 0 amide bonds. The average Bonchev–Trinajstić information content (AvgIpc) is 3.18. The van der Waals surface area contributed by atoms with E-state index in [2.05, 4.69) is 74.6 Å². The molecule has 8 nitrogen and oxygen atoms in total. The number of carbonyl (C=O) groups excluding carboxylic acids is 1. The van der Waals surface area contributed by atoms with Crippen molar-refractivity contribution in [3.8, 4) is 0 Å². The molecule has 0 radical (unpaired) electrons. The third kappa shape index (κ3) is 45.3. The molecule has 0 aliphatic rings. The highest BCUT2D eigenvalue weighted by Crippen LogP contribution is 2.43. The van der Waals surface area contributed by atoms with Gasteiger partial charge < -0.3 is 18.9 Å². The first-order valence-electron chi connectivity index (χ1n) is 23.5. The van der Waals surface area contributed by atoms with Crippen molar-refractivity contribution in [3.63, 3.8) is 0 Å². The van der Waals surface area contributed by atoms with E-state index in [1.54, 1.807) is 0 Å². The van der Waals surface area contributed by atoms with Gasteiger partial charge in [0, 0.05) is 13.0 Å². The minimum Gasteiger partial charge on any atom is -0.457 e. The van der Waals surface area contributed by atoms with E-state index in [0.29, 0.717) is 24.1 Å². The number of rotatable bonds is 43. The fourth-order valence-electron chi connectivity index (χ4n) is 6.12. The van der Waals surface area contributed by atoms with Crippen LogP contribution in [0.25, 0.3) is 0 Å². The van der Waals surface area contributed by atoms with Crippen LogP contribution in [0.2, 0.25) is 0 Å². The average molecular weight is 837 g/mol. The van der Waals surface area contributed by atoms with Crippen molar-refractivity contribution in [1.29, 1.82) is 0 Å². The number of allylic oxidation sites excluding steroid dienone is 10. The molecule has 0 spiro atoms. The SMILES string of the molecule is CCCCC/C=C\C/C=C\C/C=C\CCCCCCCCCOCC(COP(=O)(O)OCC[N+](C)(C)C)OC(=O)CCCCCCC/C=C\C/C=C\CCCCCC. The largest absolute Gasteiger partial charge is 0.472 e. The summed E-state index contributed by atoms with van der Waals surface area (Å²) in [4.78, 5) is 22.9. The molecule has 0 aliphatic carbocycles. The number of phosphoric ester groups is 1. The fraction of sp³-hybridized carbons (Fsp3) is 0.776. The summed E-state index contributed by atoms with van der Waals surface area (Å²) in [7, 11) is 1.64. The first kappa shape index (κ1) is 56.2. The van der Waals surface area contributed by atoms with Gasteiger partial charge in [-0.25, -0.2) is 4.57 Å². The molecule has 58 heavy (non-hydrogen) atoms. The quantitative estimate of drug-likeness (QED) is 0.0215. The molecular formula is C49H91NO7P+. The second kappa shape index (κ2) is 41.9. The summed E-state index contributed by atoms with van der Waals surface area (Å²) in [6.07, 6.45) is 52.5. The van der Waals surface area contributed by atoms with E-state index in [9.17, 15) is 14.3 Å². The van der Waals surface area contributed by atoms with E-state index in [4.69, 9.17) is 18.5 Å². The second-order valence-corrected chi connectivity index (χ2v) is 18.2. The molecule has 9 heteroatoms. The van der Waals surface area contributed by atoms with Crippen LogP contribution in [0.4, 0.5) is 0 Å². The summed E-state index contributed by atoms with van der Waals surface area (Å²) < 4.78 is 35.0. The molecule has 0 aromatic heterocycles. The zero-order chi connectivity index (χ0) is 42.7. The highest BCUT2D eigenvalue weighted by molar-refractivity contribution is 7.47. The zero-order valence-electron chi connectivity index (χ0n) is 38.3. The third-order valence-corrected chi connectivity index (χ3v) is 10.8. The van der Waals surface area contributed by atoms with E-state index >= 15 is 0 Å². The number of hydrogen-bond donors (Lipinski definition) is 1. The molecule has 2 unspecified atom stereocenters. The number of quaternary nitrogens is 1. The minimum absolute atomic E-state index is 0.0811. The number of carbonyl (C=O) groups is 1. The highest BCUT2D eigenvalue weighted by Gasteiger charge is 2.26. The van der Waals surface area contributed by atoms with Crippen LogP contribution in [0.1, 0.15) is 187 Å². The van der Waals surface area contributed by atoms with Crippen LogP contribution in [0.15, 0.2) is 60.8 Å². The lowest BCUT2D eigenvalue weighted by atomic mass is 10.1. The van der Waals surface area contributed by atoms with Crippen LogP contribution in [-0.2, 0) is 27.9 Å². The first-order chi connectivity index (χ1) is 28.1. The number of ether oxygens (including phenoxy) is 2. The van der Waals surface area contributed by atoms with Crippen LogP contribution in [-0.4, -0.2) is 75.6 Å². The van der Waals surface area contributed by atoms with E-state index < -0.39 is 13.9 Å². The molecule has 0 rings (SSSR count). The van der Waals surface area contributed by atoms with Gasteiger partial charge in [-0.15, -0.1) is 0 Å². The van der Waals surface area contributed by atoms with Gasteiger partial charge in [0.15, 0.2) is 0 Å². The topological polar surface area (TPSA) is 91.3 Å². The van der Waals surface area contributed by atoms with Crippen LogP contribution in [0, 0.1) is 0 Å². The summed E-state index contributed by atoms with van der Waals surface area (Å²) in [6.45, 7) is 5.53. The van der Waals surface area contributed by atoms with Crippen LogP contribution < -0.4 is 0 Å². The Morgan fingerprint density at radius 3 is 1.45 bits per heavy atom. The zero-order valence-corrected chi connectivity index (χ0v) is 39.2. The fourth-order valence-corrected chi connectivity index (χ4v) is 6.86. The summed E-state index contributed by atoms with van der Waals surface area (Å²) in [6, 6.07) is 0. The molecule has 0 saturated heterocycles. The molecule has 0 bridgehead atoms. The Morgan fingerprint density at radius 1 is 0.534 bits per heavy atom. The lowest BCUT2D eigenvalue weighted by Crippen LogP contribution is -2.37. The summed E-state index contributed by atoms with van der Waals surface area (Å²) in [5, 5.41) is 0. The summed E-state index contributed by atoms with van der Waals surface area (Å²) in [5.41, 5.74) is 0. The Bertz CT molecular complexity index is 1110. The predicted molar refractivity (Wildman–Crippen MR) is 247 cm³/mol. The molecule has 0 aromatic carbocycles. The molecule has 0 saturated carbocycles. The van der Waals surface area contributed by atoms with E-state index in [1.165, 1.54) is 89.9 Å². The number of esters is 1. The smallest absolute Gasteiger partial charge is 0.457 e. The molecule has 0 aromatic rings. The Hall–Kier alpha value is -1.80. The lowest BCUT2D eigenvalue weighted by molar-refractivity contribution is -0.870. The Morgan fingerprint density at radius 2 is 0.948 bits per heavy atom. The molecule has 0 fully saturated rings. The van der Waals surface area contributed by atoms with E-state index in [-0.39, 0.29) is 25.8 Å². The maximum atomic E-state index is 12.7. The number of phosphoric acid groups is 1. The van der Waals surface area contributed by atoms with Crippen molar-refractivity contribution >= 4 is 13.8 Å². The molecule has 2 atom stereocenters. The van der Waals surface area contributed by atoms with E-state index in [1.807, 2.05) is 21.1 Å². The Balaban J connectivity index is 4.25. The monoisotopic (exact) mass is 837 g/mol. The van der Waals surface area contributed by atoms with Crippen LogP contribution in [0.5, 0.6) is 0 Å². The van der Waals surface area contributed by atoms with E-state index in [0.717, 1.165) is 77.0 Å². The number of hydrogen-bond acceptors (Lipinski definition) is 6. The van der Waals surface area contributed by atoms with Gasteiger partial charge >= 0.3 is 13.8 Å². The molecule has 1 N–H and O–H groups in total. The molecule has 338 valence electrons. The Kier molecular flexibility index (Phi) is 40.6. The summed E-state index contributed by atoms with van der Waals surface area (Å²) in [5.74, 6) is -0.332. The standard InChI is InChI=1S/C49H90NO7P/c1-6-8-10-12-14-16-18-20-22-24-25-26-27-29-31-33-35-37-39-41-44-54-46-48(47-56-58(52,53)55-45-43-50(3,4)5)57-49(51)42-40-38-36-34-32-30-28-23-21-19-17-15-13-11-9-7-2/h14,16-17,19-20,22-23,25-26,28,48H,6-13,15,18,21,24,27,29-47H2,1-5H3/p+1/b16-14-,19-17-,22-20-,26-25-,28-23-. The van der Waals surface area contributed by atoms with Crippen molar-refractivity contribution in [2.24, 2.45) is 0 Å². The van der Waals surface area contributed by atoms with Gasteiger partial charge in [0.2, 0.25) is 0 Å². The van der Waals surface area contributed by atoms with Crippen molar-refractivity contribution < 1.29 is 37.3 Å². The minimum atomic E-state index is -4.29. The molecule has 0 heterocycles. The van der Waals surface area contributed by atoms with Crippen LogP contribution >= 0.6 is 7.82 Å². The Labute approximate surface area is 358 Å². The van der Waals surface area contributed by atoms with Gasteiger partial charge in [0.1, 0.15) is 19.3 Å². The van der Waals surface area contributed by atoms with Gasteiger partial charge in [-0.1, -0.05) is 158 Å². The van der Waals surface area contributed by atoms with Crippen molar-refractivity contribution in [1.82, 2.24) is 0 Å². The maximum Gasteiger partial charge on any atom is 0.472 e. The summed E-state index contributed by atoms with van der Waals surface area (Å²) >= 11 is 0. The van der Waals surface area contributed by atoms with Crippen molar-refractivity contribution in [3.05, 3.63) is 60.8 Å². The van der Waals surface area contributed by atoms with Crippen LogP contribution in [0.3, 0.4) is 0 Å². The van der Waals surface area contributed by atoms with Gasteiger partial charge in [0.05, 0.1) is 34.4 Å². The van der Waals surface area contributed by atoms with Crippen molar-refractivity contribution in [2.75, 3.05) is 54.1 Å². The highest BCUT2D eigenvalue weighted by atomic mass is 31.2. The van der Waals surface area contributed by atoms with Gasteiger partial charge in [-0.05, 0) is 83.5 Å².